The third-order valence-corrected chi connectivity index (χ3v) is 2.66. The molecule has 0 unspecified atom stereocenters. The molecule has 0 saturated heterocycles. The van der Waals surface area contributed by atoms with Gasteiger partial charge in [0.25, 0.3) is 0 Å². The molecule has 72 valence electrons. The monoisotopic (exact) mass is 261 g/mol. The Bertz CT molecular complexity index is 276. The average Bonchev–Trinajstić information content (AvgIpc) is 2.11. The fourth-order valence-corrected chi connectivity index (χ4v) is 1.74. The van der Waals surface area contributed by atoms with E-state index in [1.165, 1.54) is 11.1 Å². The van der Waals surface area contributed by atoms with Gasteiger partial charge in [-0.15, -0.1) is 11.6 Å². The number of halogens is 2. The Morgan fingerprint density at radius 2 is 2.23 bits per heavy atom. The number of benzene rings is 1. The standard InChI is InChI=1S/C10H13BrClN/c1-8-2-3-10(11)6-9(8)4-5-13-7-12/h2-3,6,13H,4-5,7H2,1H3. The summed E-state index contributed by atoms with van der Waals surface area (Å²) in [5.74, 6) is 0. The van der Waals surface area contributed by atoms with Crippen LogP contribution in [0.3, 0.4) is 0 Å². The molecular weight excluding hydrogens is 249 g/mol. The third-order valence-electron chi connectivity index (χ3n) is 1.98. The highest BCUT2D eigenvalue weighted by molar-refractivity contribution is 9.10. The van der Waals surface area contributed by atoms with E-state index in [4.69, 9.17) is 11.6 Å². The minimum absolute atomic E-state index is 0.521. The van der Waals surface area contributed by atoms with Gasteiger partial charge in [0.1, 0.15) is 0 Å². The van der Waals surface area contributed by atoms with E-state index in [2.05, 4.69) is 46.4 Å². The van der Waals surface area contributed by atoms with Crippen LogP contribution < -0.4 is 5.32 Å². The first-order chi connectivity index (χ1) is 6.24. The highest BCUT2D eigenvalue weighted by Gasteiger charge is 1.98. The maximum atomic E-state index is 5.52. The molecule has 0 aromatic heterocycles. The zero-order chi connectivity index (χ0) is 9.68. The molecule has 0 atom stereocenters. The van der Waals surface area contributed by atoms with E-state index in [1.807, 2.05) is 0 Å². The van der Waals surface area contributed by atoms with Gasteiger partial charge < -0.3 is 5.32 Å². The molecule has 0 bridgehead atoms. The fraction of sp³-hybridized carbons (Fsp3) is 0.400. The zero-order valence-electron chi connectivity index (χ0n) is 7.61. The molecular formula is C10H13BrClN. The van der Waals surface area contributed by atoms with Crippen molar-refractivity contribution >= 4 is 27.5 Å². The first kappa shape index (κ1) is 11.0. The van der Waals surface area contributed by atoms with E-state index in [1.54, 1.807) is 0 Å². The van der Waals surface area contributed by atoms with E-state index in [0.717, 1.165) is 17.4 Å². The molecule has 0 radical (unpaired) electrons. The summed E-state index contributed by atoms with van der Waals surface area (Å²) < 4.78 is 1.14. The molecule has 0 aliphatic rings. The van der Waals surface area contributed by atoms with Gasteiger partial charge >= 0.3 is 0 Å². The van der Waals surface area contributed by atoms with Gasteiger partial charge in [-0.2, -0.15) is 0 Å². The van der Waals surface area contributed by atoms with Gasteiger partial charge in [-0.1, -0.05) is 22.0 Å². The number of alkyl halides is 1. The number of hydrogen-bond acceptors (Lipinski definition) is 1. The molecule has 1 aromatic carbocycles. The predicted octanol–water partition coefficient (Wildman–Crippen LogP) is 3.09. The van der Waals surface area contributed by atoms with Gasteiger partial charge in [0, 0.05) is 11.0 Å². The van der Waals surface area contributed by atoms with Crippen molar-refractivity contribution in [1.29, 1.82) is 0 Å². The Balaban J connectivity index is 2.59. The molecule has 0 aliphatic carbocycles. The lowest BCUT2D eigenvalue weighted by atomic mass is 10.1. The summed E-state index contributed by atoms with van der Waals surface area (Å²) in [6, 6.07) is 6.87. The second kappa shape index (κ2) is 5.63. The molecule has 0 saturated carbocycles. The Kier molecular flexibility index (Phi) is 4.78. The van der Waals surface area contributed by atoms with E-state index < -0.39 is 0 Å². The summed E-state index contributed by atoms with van der Waals surface area (Å²) in [6.07, 6.45) is 1.03. The Hall–Kier alpha value is -0.0500. The Morgan fingerprint density at radius 1 is 1.46 bits per heavy atom. The van der Waals surface area contributed by atoms with E-state index in [9.17, 15) is 0 Å². The Morgan fingerprint density at radius 3 is 2.92 bits per heavy atom. The van der Waals surface area contributed by atoms with Gasteiger partial charge in [0.2, 0.25) is 0 Å². The second-order valence-electron chi connectivity index (χ2n) is 2.95. The first-order valence-electron chi connectivity index (χ1n) is 4.25. The van der Waals surface area contributed by atoms with Crippen LogP contribution in [-0.4, -0.2) is 12.5 Å². The topological polar surface area (TPSA) is 12.0 Å². The summed E-state index contributed by atoms with van der Waals surface area (Å²) in [4.78, 5) is 0. The van der Waals surface area contributed by atoms with Crippen LogP contribution in [0.4, 0.5) is 0 Å². The average molecular weight is 263 g/mol. The van der Waals surface area contributed by atoms with Gasteiger partial charge in [-0.25, -0.2) is 0 Å². The molecule has 0 heterocycles. The van der Waals surface area contributed by atoms with E-state index in [-0.39, 0.29) is 0 Å². The molecule has 0 spiro atoms. The summed E-state index contributed by atoms with van der Waals surface area (Å²) in [5.41, 5.74) is 2.70. The van der Waals surface area contributed by atoms with Crippen LogP contribution in [0.1, 0.15) is 11.1 Å². The lowest BCUT2D eigenvalue weighted by Gasteiger charge is -2.06. The van der Waals surface area contributed by atoms with Crippen molar-refractivity contribution in [3.63, 3.8) is 0 Å². The second-order valence-corrected chi connectivity index (χ2v) is 4.14. The lowest BCUT2D eigenvalue weighted by Crippen LogP contribution is -2.15. The molecule has 0 amide bonds. The molecule has 0 fully saturated rings. The summed E-state index contributed by atoms with van der Waals surface area (Å²) in [5, 5.41) is 3.09. The van der Waals surface area contributed by atoms with Crippen molar-refractivity contribution in [3.05, 3.63) is 33.8 Å². The van der Waals surface area contributed by atoms with Crippen molar-refractivity contribution < 1.29 is 0 Å². The van der Waals surface area contributed by atoms with Crippen LogP contribution in [0.15, 0.2) is 22.7 Å². The van der Waals surface area contributed by atoms with Crippen molar-refractivity contribution in [3.8, 4) is 0 Å². The molecule has 0 aliphatic heterocycles. The summed E-state index contributed by atoms with van der Waals surface area (Å²) in [7, 11) is 0. The van der Waals surface area contributed by atoms with Crippen molar-refractivity contribution in [2.75, 3.05) is 12.5 Å². The smallest absolute Gasteiger partial charge is 0.0713 e. The van der Waals surface area contributed by atoms with Gasteiger partial charge in [-0.05, 0) is 36.6 Å². The van der Waals surface area contributed by atoms with Crippen LogP contribution >= 0.6 is 27.5 Å². The molecule has 13 heavy (non-hydrogen) atoms. The molecule has 3 heteroatoms. The van der Waals surface area contributed by atoms with E-state index in [0.29, 0.717) is 6.00 Å². The summed E-state index contributed by atoms with van der Waals surface area (Å²) in [6.45, 7) is 3.06. The predicted molar refractivity (Wildman–Crippen MR) is 61.3 cm³/mol. The molecule has 1 rings (SSSR count). The number of aryl methyl sites for hydroxylation is 1. The van der Waals surface area contributed by atoms with Crippen LogP contribution in [0.25, 0.3) is 0 Å². The summed E-state index contributed by atoms with van der Waals surface area (Å²) >= 11 is 8.98. The van der Waals surface area contributed by atoms with Crippen LogP contribution in [-0.2, 0) is 6.42 Å². The van der Waals surface area contributed by atoms with Crippen LogP contribution in [0, 0.1) is 6.92 Å². The number of nitrogens with one attached hydrogen (secondary N) is 1. The number of rotatable bonds is 4. The molecule has 1 N–H and O–H groups in total. The third kappa shape index (κ3) is 3.67. The highest BCUT2D eigenvalue weighted by atomic mass is 79.9. The quantitative estimate of drug-likeness (QED) is 0.499. The molecule has 1 nitrogen and oxygen atoms in total. The Labute approximate surface area is 92.6 Å². The fourth-order valence-electron chi connectivity index (χ4n) is 1.20. The minimum atomic E-state index is 0.521. The van der Waals surface area contributed by atoms with Crippen LogP contribution in [0.5, 0.6) is 0 Å². The largest absolute Gasteiger partial charge is 0.304 e. The van der Waals surface area contributed by atoms with Gasteiger partial charge in [-0.3, -0.25) is 0 Å². The lowest BCUT2D eigenvalue weighted by molar-refractivity contribution is 0.767. The van der Waals surface area contributed by atoms with Crippen LogP contribution in [0.2, 0.25) is 0 Å². The van der Waals surface area contributed by atoms with E-state index >= 15 is 0 Å². The SMILES string of the molecule is Cc1ccc(Br)cc1CCNCCl. The number of hydrogen-bond donors (Lipinski definition) is 1. The maximum absolute atomic E-state index is 5.52. The minimum Gasteiger partial charge on any atom is -0.304 e. The molecule has 1 aromatic rings. The first-order valence-corrected chi connectivity index (χ1v) is 5.58. The van der Waals surface area contributed by atoms with Crippen molar-refractivity contribution in [1.82, 2.24) is 5.32 Å². The normalized spacial score (nSPS) is 10.4. The maximum Gasteiger partial charge on any atom is 0.0713 e. The van der Waals surface area contributed by atoms with Crippen molar-refractivity contribution in [2.24, 2.45) is 0 Å². The zero-order valence-corrected chi connectivity index (χ0v) is 9.95. The van der Waals surface area contributed by atoms with Crippen molar-refractivity contribution in [2.45, 2.75) is 13.3 Å². The van der Waals surface area contributed by atoms with Gasteiger partial charge in [0.15, 0.2) is 0 Å². The van der Waals surface area contributed by atoms with Gasteiger partial charge in [0.05, 0.1) is 6.00 Å². The highest BCUT2D eigenvalue weighted by Crippen LogP contribution is 2.16.